The van der Waals surface area contributed by atoms with Crippen LogP contribution in [0.5, 0.6) is 0 Å². The third-order valence-corrected chi connectivity index (χ3v) is 4.53. The van der Waals surface area contributed by atoms with Crippen LogP contribution in [0.3, 0.4) is 0 Å². The Hall–Kier alpha value is -2.27. The number of nitrogens with two attached hydrogens (primary N) is 1. The molecule has 2 aromatic heterocycles. The molecule has 4 N–H and O–H groups in total. The highest BCUT2D eigenvalue weighted by Gasteiger charge is 2.02. The predicted octanol–water partition coefficient (Wildman–Crippen LogP) is 2.92. The number of fused-ring (bicyclic) bond motifs is 1. The van der Waals surface area contributed by atoms with Crippen LogP contribution < -0.4 is 11.1 Å². The molecule has 0 unspecified atom stereocenters. The Morgan fingerprint density at radius 3 is 2.95 bits per heavy atom. The van der Waals surface area contributed by atoms with Gasteiger partial charge in [0, 0.05) is 41.5 Å². The molecule has 1 aromatic carbocycles. The van der Waals surface area contributed by atoms with E-state index in [9.17, 15) is 0 Å². The Morgan fingerprint density at radius 1 is 1.18 bits per heavy atom. The number of nitrogens with one attached hydrogen (secondary N) is 2. The minimum absolute atomic E-state index is 0.524. The number of guanidine groups is 1. The van der Waals surface area contributed by atoms with E-state index in [1.54, 1.807) is 11.3 Å². The van der Waals surface area contributed by atoms with Crippen molar-refractivity contribution in [3.8, 4) is 0 Å². The van der Waals surface area contributed by atoms with Crippen LogP contribution in [0, 0.1) is 0 Å². The fourth-order valence-corrected chi connectivity index (χ4v) is 3.16. The van der Waals surface area contributed by atoms with Gasteiger partial charge < -0.3 is 16.0 Å². The maximum atomic E-state index is 5.90. The van der Waals surface area contributed by atoms with Gasteiger partial charge in [0.2, 0.25) is 0 Å². The number of rotatable bonds is 6. The van der Waals surface area contributed by atoms with Crippen molar-refractivity contribution in [2.75, 3.05) is 13.1 Å². The van der Waals surface area contributed by atoms with E-state index in [2.05, 4.69) is 57.2 Å². The summed E-state index contributed by atoms with van der Waals surface area (Å²) in [4.78, 5) is 8.99. The lowest BCUT2D eigenvalue weighted by Crippen LogP contribution is -2.33. The number of para-hydroxylation sites is 1. The third kappa shape index (κ3) is 3.68. The molecule has 0 spiro atoms. The summed E-state index contributed by atoms with van der Waals surface area (Å²) in [6.07, 6.45) is 3.93. The zero-order valence-electron chi connectivity index (χ0n) is 12.4. The molecular formula is C17H20N4S. The monoisotopic (exact) mass is 312 g/mol. The molecule has 0 radical (unpaired) electrons. The molecule has 22 heavy (non-hydrogen) atoms. The first kappa shape index (κ1) is 14.7. The summed E-state index contributed by atoms with van der Waals surface area (Å²) in [5, 5.41) is 6.54. The van der Waals surface area contributed by atoms with Crippen LogP contribution in [0.4, 0.5) is 0 Å². The summed E-state index contributed by atoms with van der Waals surface area (Å²) in [7, 11) is 0. The van der Waals surface area contributed by atoms with Gasteiger partial charge in [-0.05, 0) is 29.5 Å². The SMILES string of the molecule is NC(=NCCc1cccs1)NCCc1c[nH]c2ccccc12. The minimum atomic E-state index is 0.524. The van der Waals surface area contributed by atoms with Crippen molar-refractivity contribution in [3.63, 3.8) is 0 Å². The van der Waals surface area contributed by atoms with E-state index in [1.165, 1.54) is 21.3 Å². The largest absolute Gasteiger partial charge is 0.370 e. The Labute approximate surface area is 134 Å². The molecule has 0 amide bonds. The molecule has 0 bridgehead atoms. The van der Waals surface area contributed by atoms with E-state index < -0.39 is 0 Å². The molecule has 0 aliphatic heterocycles. The van der Waals surface area contributed by atoms with E-state index in [0.717, 1.165) is 25.9 Å². The molecular weight excluding hydrogens is 292 g/mol. The van der Waals surface area contributed by atoms with Crippen molar-refractivity contribution in [3.05, 3.63) is 58.4 Å². The lowest BCUT2D eigenvalue weighted by Gasteiger charge is -2.05. The van der Waals surface area contributed by atoms with Gasteiger partial charge in [0.05, 0.1) is 0 Å². The number of hydrogen-bond acceptors (Lipinski definition) is 2. The van der Waals surface area contributed by atoms with Crippen molar-refractivity contribution in [1.29, 1.82) is 0 Å². The van der Waals surface area contributed by atoms with Gasteiger partial charge in [-0.25, -0.2) is 0 Å². The van der Waals surface area contributed by atoms with Crippen molar-refractivity contribution in [2.45, 2.75) is 12.8 Å². The zero-order chi connectivity index (χ0) is 15.2. The predicted molar refractivity (Wildman–Crippen MR) is 94.5 cm³/mol. The average molecular weight is 312 g/mol. The van der Waals surface area contributed by atoms with E-state index in [0.29, 0.717) is 5.96 Å². The second-order valence-corrected chi connectivity index (χ2v) is 6.16. The summed E-state index contributed by atoms with van der Waals surface area (Å²) in [6.45, 7) is 1.52. The lowest BCUT2D eigenvalue weighted by molar-refractivity contribution is 0.848. The molecule has 0 saturated heterocycles. The van der Waals surface area contributed by atoms with Gasteiger partial charge in [0.15, 0.2) is 5.96 Å². The van der Waals surface area contributed by atoms with E-state index in [4.69, 9.17) is 5.73 Å². The van der Waals surface area contributed by atoms with E-state index >= 15 is 0 Å². The molecule has 5 heteroatoms. The first-order valence-electron chi connectivity index (χ1n) is 7.44. The highest BCUT2D eigenvalue weighted by molar-refractivity contribution is 7.09. The Balaban J connectivity index is 1.46. The van der Waals surface area contributed by atoms with Crippen LogP contribution in [0.25, 0.3) is 10.9 Å². The summed E-state index contributed by atoms with van der Waals surface area (Å²) < 4.78 is 0. The maximum absolute atomic E-state index is 5.90. The van der Waals surface area contributed by atoms with Gasteiger partial charge in [-0.1, -0.05) is 24.3 Å². The molecule has 0 fully saturated rings. The summed E-state index contributed by atoms with van der Waals surface area (Å²) in [6, 6.07) is 12.5. The normalized spacial score (nSPS) is 11.9. The molecule has 3 rings (SSSR count). The Bertz CT molecular complexity index is 743. The van der Waals surface area contributed by atoms with Crippen LogP contribution in [0.15, 0.2) is 53.0 Å². The Kier molecular flexibility index (Phi) is 4.75. The van der Waals surface area contributed by atoms with Crippen LogP contribution in [0.1, 0.15) is 10.4 Å². The number of hydrogen-bond donors (Lipinski definition) is 3. The van der Waals surface area contributed by atoms with Gasteiger partial charge in [-0.3, -0.25) is 4.99 Å². The smallest absolute Gasteiger partial charge is 0.188 e. The van der Waals surface area contributed by atoms with Crippen molar-refractivity contribution in [2.24, 2.45) is 10.7 Å². The third-order valence-electron chi connectivity index (χ3n) is 3.60. The molecule has 3 aromatic rings. The number of nitrogens with zero attached hydrogens (tertiary/aromatic N) is 1. The van der Waals surface area contributed by atoms with Gasteiger partial charge in [-0.15, -0.1) is 11.3 Å². The molecule has 114 valence electrons. The Morgan fingerprint density at radius 2 is 2.09 bits per heavy atom. The molecule has 2 heterocycles. The van der Waals surface area contributed by atoms with Gasteiger partial charge in [0.25, 0.3) is 0 Å². The topological polar surface area (TPSA) is 66.2 Å². The number of aromatic nitrogens is 1. The van der Waals surface area contributed by atoms with E-state index in [-0.39, 0.29) is 0 Å². The van der Waals surface area contributed by atoms with Gasteiger partial charge >= 0.3 is 0 Å². The first-order chi connectivity index (χ1) is 10.8. The number of H-pyrrole nitrogens is 1. The minimum Gasteiger partial charge on any atom is -0.370 e. The zero-order valence-corrected chi connectivity index (χ0v) is 13.2. The summed E-state index contributed by atoms with van der Waals surface area (Å²) in [5.74, 6) is 0.524. The highest BCUT2D eigenvalue weighted by Crippen LogP contribution is 2.17. The number of thiophene rings is 1. The van der Waals surface area contributed by atoms with Crippen molar-refractivity contribution in [1.82, 2.24) is 10.3 Å². The fourth-order valence-electron chi connectivity index (χ4n) is 2.46. The summed E-state index contributed by atoms with van der Waals surface area (Å²) in [5.41, 5.74) is 8.38. The second-order valence-electron chi connectivity index (χ2n) is 5.13. The molecule has 0 saturated carbocycles. The fraction of sp³-hybridized carbons (Fsp3) is 0.235. The van der Waals surface area contributed by atoms with Crippen molar-refractivity contribution >= 4 is 28.2 Å². The number of aromatic amines is 1. The average Bonchev–Trinajstić information content (AvgIpc) is 3.17. The summed E-state index contributed by atoms with van der Waals surface area (Å²) >= 11 is 1.76. The maximum Gasteiger partial charge on any atom is 0.188 e. The second kappa shape index (κ2) is 7.13. The van der Waals surface area contributed by atoms with Gasteiger partial charge in [-0.2, -0.15) is 0 Å². The van der Waals surface area contributed by atoms with Crippen LogP contribution in [-0.4, -0.2) is 24.0 Å². The first-order valence-corrected chi connectivity index (χ1v) is 8.32. The van der Waals surface area contributed by atoms with Crippen LogP contribution >= 0.6 is 11.3 Å². The molecule has 0 atom stereocenters. The highest BCUT2D eigenvalue weighted by atomic mass is 32.1. The molecule has 0 aliphatic carbocycles. The standard InChI is InChI=1S/C17H20N4S/c18-17(20-10-8-14-4-3-11-22-14)19-9-7-13-12-21-16-6-2-1-5-15(13)16/h1-6,11-12,21H,7-10H2,(H3,18,19,20). The molecule has 0 aliphatic rings. The molecule has 4 nitrogen and oxygen atoms in total. The number of benzene rings is 1. The quantitative estimate of drug-likeness (QED) is 0.484. The number of aliphatic imine (C=N–C) groups is 1. The van der Waals surface area contributed by atoms with Crippen molar-refractivity contribution < 1.29 is 0 Å². The van der Waals surface area contributed by atoms with Gasteiger partial charge in [0.1, 0.15) is 0 Å². The van der Waals surface area contributed by atoms with Crippen LogP contribution in [-0.2, 0) is 12.8 Å². The van der Waals surface area contributed by atoms with Crippen LogP contribution in [0.2, 0.25) is 0 Å². The lowest BCUT2D eigenvalue weighted by atomic mass is 10.1. The van der Waals surface area contributed by atoms with E-state index in [1.807, 2.05) is 6.07 Å².